The monoisotopic (exact) mass is 289 g/mol. The fourth-order valence-electron chi connectivity index (χ4n) is 2.75. The second kappa shape index (κ2) is 4.73. The number of nitrogens with one attached hydrogen (secondary N) is 2. The third kappa shape index (κ3) is 1.79. The highest BCUT2D eigenvalue weighted by Crippen LogP contribution is 2.34. The fourth-order valence-corrected chi connectivity index (χ4v) is 2.75. The van der Waals surface area contributed by atoms with Crippen molar-refractivity contribution in [1.82, 2.24) is 15.0 Å². The molecule has 0 aliphatic carbocycles. The van der Waals surface area contributed by atoms with Crippen LogP contribution in [0, 0.1) is 0 Å². The van der Waals surface area contributed by atoms with Gasteiger partial charge in [-0.3, -0.25) is 4.98 Å². The van der Waals surface area contributed by atoms with Gasteiger partial charge in [0.2, 0.25) is 0 Å². The lowest BCUT2D eigenvalue weighted by molar-refractivity contribution is 1.31. The van der Waals surface area contributed by atoms with Gasteiger partial charge in [-0.05, 0) is 24.3 Å². The summed E-state index contributed by atoms with van der Waals surface area (Å²) in [6.45, 7) is 0. The molecular weight excluding hydrogens is 274 g/mol. The van der Waals surface area contributed by atoms with E-state index in [4.69, 9.17) is 5.73 Å². The number of benzene rings is 2. The van der Waals surface area contributed by atoms with Crippen molar-refractivity contribution in [3.63, 3.8) is 0 Å². The number of aromatic amines is 1. The Bertz CT molecular complexity index is 954. The van der Waals surface area contributed by atoms with Gasteiger partial charge >= 0.3 is 0 Å². The highest BCUT2D eigenvalue weighted by molar-refractivity contribution is 6.05. The zero-order chi connectivity index (χ0) is 15.1. The molecule has 0 unspecified atom stereocenters. The maximum atomic E-state index is 6.41. The Morgan fingerprint density at radius 2 is 1.86 bits per heavy atom. The molecular formula is C17H15N5. The minimum Gasteiger partial charge on any atom is -0.397 e. The second-order valence-electron chi connectivity index (χ2n) is 5.14. The molecule has 108 valence electrons. The summed E-state index contributed by atoms with van der Waals surface area (Å²) >= 11 is 0. The number of anilines is 2. The number of para-hydroxylation sites is 2. The van der Waals surface area contributed by atoms with Crippen LogP contribution < -0.4 is 11.1 Å². The molecule has 2 aromatic heterocycles. The molecule has 5 heteroatoms. The smallest absolute Gasteiger partial charge is 0.142 e. The summed E-state index contributed by atoms with van der Waals surface area (Å²) in [6.07, 6.45) is 1.77. The van der Waals surface area contributed by atoms with Crippen LogP contribution in [0.15, 0.2) is 48.7 Å². The number of hydrogen-bond acceptors (Lipinski definition) is 4. The van der Waals surface area contributed by atoms with Gasteiger partial charge in [0, 0.05) is 24.3 Å². The molecule has 0 bridgehead atoms. The lowest BCUT2D eigenvalue weighted by atomic mass is 10.1. The van der Waals surface area contributed by atoms with Crippen molar-refractivity contribution in [3.8, 4) is 11.4 Å². The topological polar surface area (TPSA) is 79.6 Å². The van der Waals surface area contributed by atoms with Gasteiger partial charge in [0.15, 0.2) is 0 Å². The van der Waals surface area contributed by atoms with Gasteiger partial charge in [-0.15, -0.1) is 0 Å². The molecule has 0 radical (unpaired) electrons. The number of nitrogens with two attached hydrogens (primary N) is 1. The van der Waals surface area contributed by atoms with E-state index >= 15 is 0 Å². The maximum Gasteiger partial charge on any atom is 0.142 e. The number of nitrogens with zero attached hydrogens (tertiary/aromatic N) is 2. The first-order chi connectivity index (χ1) is 10.8. The standard InChI is InChI=1S/C17H15N5/c1-19-13-7-4-8-14-15(13)16(18)10(9-20-14)17-21-11-5-2-3-6-12(11)22-17/h2-9,19H,1H3,(H2,18,20)(H,21,22). The van der Waals surface area contributed by atoms with Gasteiger partial charge in [0.05, 0.1) is 27.8 Å². The Morgan fingerprint density at radius 3 is 2.68 bits per heavy atom. The Kier molecular flexibility index (Phi) is 2.72. The van der Waals surface area contributed by atoms with E-state index in [2.05, 4.69) is 20.3 Å². The molecule has 5 nitrogen and oxygen atoms in total. The molecule has 4 rings (SSSR count). The van der Waals surface area contributed by atoms with Crippen molar-refractivity contribution in [2.45, 2.75) is 0 Å². The van der Waals surface area contributed by atoms with Crippen LogP contribution in [0.4, 0.5) is 11.4 Å². The molecule has 0 fully saturated rings. The summed E-state index contributed by atoms with van der Waals surface area (Å²) in [5.74, 6) is 0.735. The maximum absolute atomic E-state index is 6.41. The Morgan fingerprint density at radius 1 is 1.05 bits per heavy atom. The number of pyridine rings is 1. The molecule has 0 aliphatic heterocycles. The molecule has 0 saturated carbocycles. The third-order valence-electron chi connectivity index (χ3n) is 3.85. The van der Waals surface area contributed by atoms with Gasteiger partial charge in [-0.2, -0.15) is 0 Å². The van der Waals surface area contributed by atoms with Crippen LogP contribution >= 0.6 is 0 Å². The minimum absolute atomic E-state index is 0.675. The molecule has 22 heavy (non-hydrogen) atoms. The normalized spacial score (nSPS) is 11.1. The second-order valence-corrected chi connectivity index (χ2v) is 5.14. The van der Waals surface area contributed by atoms with Gasteiger partial charge in [0.25, 0.3) is 0 Å². The molecule has 0 atom stereocenters. The van der Waals surface area contributed by atoms with Crippen LogP contribution in [-0.2, 0) is 0 Å². The van der Waals surface area contributed by atoms with Gasteiger partial charge in [-0.25, -0.2) is 4.98 Å². The van der Waals surface area contributed by atoms with Gasteiger partial charge in [-0.1, -0.05) is 18.2 Å². The Balaban J connectivity index is 2.00. The molecule has 0 aliphatic rings. The van der Waals surface area contributed by atoms with E-state index in [1.165, 1.54) is 0 Å². The average Bonchev–Trinajstić information content (AvgIpc) is 2.98. The van der Waals surface area contributed by atoms with E-state index in [-0.39, 0.29) is 0 Å². The first kappa shape index (κ1) is 12.6. The SMILES string of the molecule is CNc1cccc2ncc(-c3nc4ccccc4[nH]3)c(N)c12. The van der Waals surface area contributed by atoms with E-state index in [1.807, 2.05) is 49.5 Å². The minimum atomic E-state index is 0.675. The van der Waals surface area contributed by atoms with E-state index in [9.17, 15) is 0 Å². The molecule has 0 spiro atoms. The summed E-state index contributed by atoms with van der Waals surface area (Å²) in [5.41, 5.74) is 11.6. The highest BCUT2D eigenvalue weighted by atomic mass is 14.9. The Hall–Kier alpha value is -3.08. The van der Waals surface area contributed by atoms with Crippen LogP contribution in [0.2, 0.25) is 0 Å². The zero-order valence-electron chi connectivity index (χ0n) is 12.1. The summed E-state index contributed by atoms with van der Waals surface area (Å²) in [4.78, 5) is 12.4. The largest absolute Gasteiger partial charge is 0.397 e. The molecule has 4 aromatic rings. The van der Waals surface area contributed by atoms with Crippen molar-refractivity contribution in [2.24, 2.45) is 0 Å². The van der Waals surface area contributed by atoms with Crippen molar-refractivity contribution in [1.29, 1.82) is 0 Å². The first-order valence-electron chi connectivity index (χ1n) is 7.08. The number of aromatic nitrogens is 3. The third-order valence-corrected chi connectivity index (χ3v) is 3.85. The van der Waals surface area contributed by atoms with Crippen LogP contribution in [0.1, 0.15) is 0 Å². The molecule has 0 saturated heterocycles. The average molecular weight is 289 g/mol. The molecule has 0 amide bonds. The van der Waals surface area contributed by atoms with Crippen molar-refractivity contribution >= 4 is 33.3 Å². The number of rotatable bonds is 2. The Labute approximate surface area is 127 Å². The van der Waals surface area contributed by atoms with E-state index < -0.39 is 0 Å². The summed E-state index contributed by atoms with van der Waals surface area (Å²) in [7, 11) is 1.88. The van der Waals surface area contributed by atoms with Crippen molar-refractivity contribution < 1.29 is 0 Å². The molecule has 2 aromatic carbocycles. The zero-order valence-corrected chi connectivity index (χ0v) is 12.1. The van der Waals surface area contributed by atoms with Crippen LogP contribution in [-0.4, -0.2) is 22.0 Å². The number of fused-ring (bicyclic) bond motifs is 2. The number of nitrogen functional groups attached to an aromatic ring is 1. The lowest BCUT2D eigenvalue weighted by Gasteiger charge is -2.10. The van der Waals surface area contributed by atoms with E-state index in [1.54, 1.807) is 6.20 Å². The number of imidazole rings is 1. The van der Waals surface area contributed by atoms with Crippen molar-refractivity contribution in [2.75, 3.05) is 18.1 Å². The quantitative estimate of drug-likeness (QED) is 0.528. The summed E-state index contributed by atoms with van der Waals surface area (Å²) < 4.78 is 0. The predicted molar refractivity (Wildman–Crippen MR) is 90.8 cm³/mol. The summed E-state index contributed by atoms with van der Waals surface area (Å²) in [6, 6.07) is 13.8. The van der Waals surface area contributed by atoms with Crippen LogP contribution in [0.3, 0.4) is 0 Å². The fraction of sp³-hybridized carbons (Fsp3) is 0.0588. The van der Waals surface area contributed by atoms with E-state index in [0.717, 1.165) is 39.0 Å². The summed E-state index contributed by atoms with van der Waals surface area (Å²) in [5, 5.41) is 4.08. The number of H-pyrrole nitrogens is 1. The molecule has 2 heterocycles. The van der Waals surface area contributed by atoms with Crippen LogP contribution in [0.5, 0.6) is 0 Å². The number of hydrogen-bond donors (Lipinski definition) is 3. The van der Waals surface area contributed by atoms with Crippen molar-refractivity contribution in [3.05, 3.63) is 48.7 Å². The van der Waals surface area contributed by atoms with Gasteiger partial charge < -0.3 is 16.0 Å². The van der Waals surface area contributed by atoms with E-state index in [0.29, 0.717) is 5.69 Å². The predicted octanol–water partition coefficient (Wildman–Crippen LogP) is 3.40. The lowest BCUT2D eigenvalue weighted by Crippen LogP contribution is -1.98. The van der Waals surface area contributed by atoms with Gasteiger partial charge in [0.1, 0.15) is 5.82 Å². The highest BCUT2D eigenvalue weighted by Gasteiger charge is 2.13. The first-order valence-corrected chi connectivity index (χ1v) is 7.08. The van der Waals surface area contributed by atoms with Crippen LogP contribution in [0.25, 0.3) is 33.3 Å². The molecule has 4 N–H and O–H groups in total.